The number of rotatable bonds is 7. The maximum absolute atomic E-state index is 12.8. The van der Waals surface area contributed by atoms with Gasteiger partial charge in [0, 0.05) is 16.1 Å². The van der Waals surface area contributed by atoms with Crippen LogP contribution in [0.15, 0.2) is 91.5 Å². The topological polar surface area (TPSA) is 76.4 Å². The molecule has 1 heterocycles. The number of hydrogen-bond acceptors (Lipinski definition) is 3. The van der Waals surface area contributed by atoms with Gasteiger partial charge in [-0.3, -0.25) is 4.79 Å². The maximum Gasteiger partial charge on any atom is 0.279 e. The van der Waals surface area contributed by atoms with Crippen molar-refractivity contribution >= 4 is 23.2 Å². The predicted molar refractivity (Wildman–Crippen MR) is 117 cm³/mol. The number of carbonyl (C=O) groups excluding carboxylic acids is 1. The molecule has 0 unspecified atom stereocenters. The lowest BCUT2D eigenvalue weighted by Crippen LogP contribution is -2.87. The van der Waals surface area contributed by atoms with Gasteiger partial charge in [0.1, 0.15) is 18.7 Å². The van der Waals surface area contributed by atoms with Gasteiger partial charge >= 0.3 is 0 Å². The van der Waals surface area contributed by atoms with Crippen LogP contribution in [0.4, 0.5) is 5.69 Å². The van der Waals surface area contributed by atoms with Crippen LogP contribution in [0.1, 0.15) is 17.2 Å². The molecular formula is C23H21ClN5O+. The van der Waals surface area contributed by atoms with Crippen molar-refractivity contribution in [3.63, 3.8) is 0 Å². The van der Waals surface area contributed by atoms with E-state index < -0.39 is 0 Å². The molecule has 0 aliphatic heterocycles. The van der Waals surface area contributed by atoms with Gasteiger partial charge in [0.2, 0.25) is 0 Å². The van der Waals surface area contributed by atoms with E-state index in [0.717, 1.165) is 11.1 Å². The molecule has 6 nitrogen and oxygen atoms in total. The van der Waals surface area contributed by atoms with Gasteiger partial charge in [-0.25, -0.2) is 9.67 Å². The molecule has 0 saturated carbocycles. The van der Waals surface area contributed by atoms with Gasteiger partial charge in [0.05, 0.1) is 11.4 Å². The molecule has 30 heavy (non-hydrogen) atoms. The van der Waals surface area contributed by atoms with E-state index in [2.05, 4.69) is 39.7 Å². The van der Waals surface area contributed by atoms with Crippen LogP contribution in [0, 0.1) is 0 Å². The van der Waals surface area contributed by atoms with Crippen molar-refractivity contribution in [3.8, 4) is 5.69 Å². The van der Waals surface area contributed by atoms with Gasteiger partial charge in [-0.1, -0.05) is 72.3 Å². The molecule has 0 aliphatic carbocycles. The third kappa shape index (κ3) is 4.74. The van der Waals surface area contributed by atoms with Gasteiger partial charge in [-0.2, -0.15) is 5.10 Å². The van der Waals surface area contributed by atoms with Gasteiger partial charge in [-0.15, -0.1) is 0 Å². The fraction of sp³-hybridized carbons (Fsp3) is 0.0870. The summed E-state index contributed by atoms with van der Waals surface area (Å²) in [6.07, 6.45) is 3.02. The summed E-state index contributed by atoms with van der Waals surface area (Å²) in [6, 6.07) is 25.6. The highest BCUT2D eigenvalue weighted by atomic mass is 35.5. The van der Waals surface area contributed by atoms with E-state index in [9.17, 15) is 4.79 Å². The summed E-state index contributed by atoms with van der Waals surface area (Å²) in [7, 11) is 0. The number of nitrogens with zero attached hydrogens (tertiary/aromatic N) is 3. The maximum atomic E-state index is 12.8. The Hall–Kier alpha value is -3.48. The van der Waals surface area contributed by atoms with Crippen molar-refractivity contribution in [2.45, 2.75) is 6.04 Å². The average molecular weight is 419 g/mol. The molecule has 0 spiro atoms. The summed E-state index contributed by atoms with van der Waals surface area (Å²) in [5.74, 6) is -0.129. The summed E-state index contributed by atoms with van der Waals surface area (Å²) in [6.45, 7) is 0.248. The number of benzene rings is 3. The molecule has 3 aromatic carbocycles. The van der Waals surface area contributed by atoms with E-state index in [1.807, 2.05) is 41.7 Å². The molecule has 0 aliphatic rings. The van der Waals surface area contributed by atoms with Crippen molar-refractivity contribution in [1.82, 2.24) is 14.8 Å². The van der Waals surface area contributed by atoms with Crippen LogP contribution in [0.2, 0.25) is 5.02 Å². The first-order chi connectivity index (χ1) is 14.7. The number of halogens is 1. The quantitative estimate of drug-likeness (QED) is 0.484. The highest BCUT2D eigenvalue weighted by Crippen LogP contribution is 2.24. The third-order valence-electron chi connectivity index (χ3n) is 4.75. The Morgan fingerprint density at radius 1 is 1.00 bits per heavy atom. The fourth-order valence-corrected chi connectivity index (χ4v) is 3.52. The predicted octanol–water partition coefficient (Wildman–Crippen LogP) is 3.21. The van der Waals surface area contributed by atoms with Crippen molar-refractivity contribution in [3.05, 3.63) is 108 Å². The minimum atomic E-state index is -0.129. The third-order valence-corrected chi connectivity index (χ3v) is 4.99. The smallest absolute Gasteiger partial charge is 0.279 e. The Kier molecular flexibility index (Phi) is 6.17. The normalized spacial score (nSPS) is 10.9. The Morgan fingerprint density at radius 3 is 2.27 bits per heavy atom. The lowest BCUT2D eigenvalue weighted by atomic mass is 9.99. The molecule has 3 N–H and O–H groups in total. The van der Waals surface area contributed by atoms with Crippen LogP contribution in [-0.2, 0) is 4.79 Å². The van der Waals surface area contributed by atoms with Crippen LogP contribution >= 0.6 is 11.6 Å². The van der Waals surface area contributed by atoms with E-state index in [4.69, 9.17) is 11.6 Å². The summed E-state index contributed by atoms with van der Waals surface area (Å²) in [5.41, 5.74) is 3.57. The van der Waals surface area contributed by atoms with Crippen molar-refractivity contribution in [1.29, 1.82) is 0 Å². The Bertz CT molecular complexity index is 1060. The number of anilines is 1. The monoisotopic (exact) mass is 418 g/mol. The molecular weight excluding hydrogens is 398 g/mol. The second kappa shape index (κ2) is 9.35. The molecule has 0 radical (unpaired) electrons. The van der Waals surface area contributed by atoms with E-state index >= 15 is 0 Å². The minimum absolute atomic E-state index is 0.0206. The average Bonchev–Trinajstić information content (AvgIpc) is 3.30. The zero-order valence-corrected chi connectivity index (χ0v) is 16.9. The number of carbonyl (C=O) groups is 1. The SMILES string of the molecule is O=C(C[NH2+]C(c1ccccc1)c1ccccc1)Nc1cc(Cl)ccc1-n1cncn1. The minimum Gasteiger partial charge on any atom is -0.328 e. The van der Waals surface area contributed by atoms with Crippen molar-refractivity contribution in [2.75, 3.05) is 11.9 Å². The lowest BCUT2D eigenvalue weighted by molar-refractivity contribution is -0.676. The highest BCUT2D eigenvalue weighted by Gasteiger charge is 2.19. The highest BCUT2D eigenvalue weighted by molar-refractivity contribution is 6.31. The molecule has 4 rings (SSSR count). The van der Waals surface area contributed by atoms with Crippen molar-refractivity contribution < 1.29 is 10.1 Å². The molecule has 0 saturated heterocycles. The van der Waals surface area contributed by atoms with Crippen molar-refractivity contribution in [2.24, 2.45) is 0 Å². The molecule has 0 fully saturated rings. The summed E-state index contributed by atoms with van der Waals surface area (Å²) in [5, 5.41) is 9.66. The largest absolute Gasteiger partial charge is 0.328 e. The molecule has 1 amide bonds. The number of hydrogen-bond donors (Lipinski definition) is 2. The van der Waals surface area contributed by atoms with E-state index in [-0.39, 0.29) is 18.5 Å². The summed E-state index contributed by atoms with van der Waals surface area (Å²) >= 11 is 6.14. The first-order valence-corrected chi connectivity index (χ1v) is 9.96. The lowest BCUT2D eigenvalue weighted by Gasteiger charge is -2.17. The van der Waals surface area contributed by atoms with Crippen LogP contribution in [0.3, 0.4) is 0 Å². The summed E-state index contributed by atoms with van der Waals surface area (Å²) in [4.78, 5) is 16.7. The summed E-state index contributed by atoms with van der Waals surface area (Å²) < 4.78 is 1.59. The number of amides is 1. The number of nitrogens with two attached hydrogens (primary N) is 1. The van der Waals surface area contributed by atoms with Crippen LogP contribution in [0.25, 0.3) is 5.69 Å². The van der Waals surface area contributed by atoms with Gasteiger partial charge in [0.25, 0.3) is 5.91 Å². The second-order valence-electron chi connectivity index (χ2n) is 6.79. The van der Waals surface area contributed by atoms with Crippen LogP contribution in [0.5, 0.6) is 0 Å². The van der Waals surface area contributed by atoms with Crippen LogP contribution < -0.4 is 10.6 Å². The Morgan fingerprint density at radius 2 is 1.67 bits per heavy atom. The van der Waals surface area contributed by atoms with Gasteiger partial charge in [-0.05, 0) is 18.2 Å². The molecule has 150 valence electrons. The van der Waals surface area contributed by atoms with E-state index in [0.29, 0.717) is 16.4 Å². The molecule has 7 heteroatoms. The first kappa shape index (κ1) is 19.8. The van der Waals surface area contributed by atoms with Gasteiger partial charge in [0.15, 0.2) is 6.54 Å². The first-order valence-electron chi connectivity index (χ1n) is 9.58. The van der Waals surface area contributed by atoms with Gasteiger partial charge < -0.3 is 10.6 Å². The van der Waals surface area contributed by atoms with Crippen LogP contribution in [-0.4, -0.2) is 27.2 Å². The molecule has 0 bridgehead atoms. The van der Waals surface area contributed by atoms with E-state index in [1.54, 1.807) is 29.2 Å². The Labute approximate surface area is 179 Å². The molecule has 4 aromatic rings. The Balaban J connectivity index is 1.51. The zero-order valence-electron chi connectivity index (χ0n) is 16.1. The van der Waals surface area contributed by atoms with E-state index in [1.165, 1.54) is 6.33 Å². The molecule has 1 aromatic heterocycles. The molecule has 0 atom stereocenters. The second-order valence-corrected chi connectivity index (χ2v) is 7.22. The zero-order chi connectivity index (χ0) is 20.8. The number of nitrogens with one attached hydrogen (secondary N) is 1. The number of aromatic nitrogens is 3. The number of quaternary nitrogens is 1. The standard InChI is InChI=1S/C23H20ClN5O/c24-19-11-12-21(29-16-25-15-27-29)20(13-19)28-22(30)14-26-23(17-7-3-1-4-8-17)18-9-5-2-6-10-18/h1-13,15-16,23,26H,14H2,(H,28,30)/p+1. The fourth-order valence-electron chi connectivity index (χ4n) is 3.35.